The normalized spacial score (nSPS) is 20.4. The Morgan fingerprint density at radius 2 is 1.83 bits per heavy atom. The zero-order chi connectivity index (χ0) is 20.7. The number of carbonyl (C=O) groups is 1. The van der Waals surface area contributed by atoms with E-state index in [1.54, 1.807) is 6.07 Å². The summed E-state index contributed by atoms with van der Waals surface area (Å²) in [6.07, 6.45) is 6.55. The maximum Gasteiger partial charge on any atom is 0.223 e. The van der Waals surface area contributed by atoms with Crippen molar-refractivity contribution in [2.24, 2.45) is 0 Å². The summed E-state index contributed by atoms with van der Waals surface area (Å²) >= 11 is 12.6. The van der Waals surface area contributed by atoms with Crippen LogP contribution in [-0.2, 0) is 11.3 Å². The standard InChI is InChI=1S/C24H25Cl2N3O/c25-18-11-10-16(20(26)13-18)14-29-22-9-5-4-8-21(22)27-24(29)17-12-23(30)28(15-17)19-6-2-1-3-7-19/h4-5,8-11,13,17,19H,1-3,6-7,12,14-15H2. The molecule has 0 radical (unpaired) electrons. The summed E-state index contributed by atoms with van der Waals surface area (Å²) in [5, 5.41) is 1.28. The monoisotopic (exact) mass is 441 g/mol. The van der Waals surface area contributed by atoms with E-state index in [9.17, 15) is 4.79 Å². The van der Waals surface area contributed by atoms with Crippen molar-refractivity contribution >= 4 is 40.1 Å². The van der Waals surface area contributed by atoms with Gasteiger partial charge in [0.15, 0.2) is 0 Å². The maximum atomic E-state index is 12.9. The number of hydrogen-bond acceptors (Lipinski definition) is 2. The van der Waals surface area contributed by atoms with E-state index in [0.717, 1.165) is 41.8 Å². The maximum absolute atomic E-state index is 12.9. The smallest absolute Gasteiger partial charge is 0.223 e. The first-order chi connectivity index (χ1) is 14.6. The van der Waals surface area contributed by atoms with Gasteiger partial charge in [-0.1, -0.05) is 60.7 Å². The molecular weight excluding hydrogens is 417 g/mol. The lowest BCUT2D eigenvalue weighted by atomic mass is 9.94. The number of benzene rings is 2. The fraction of sp³-hybridized carbons (Fsp3) is 0.417. The molecule has 4 nitrogen and oxygen atoms in total. The van der Waals surface area contributed by atoms with Gasteiger partial charge in [0.1, 0.15) is 5.82 Å². The summed E-state index contributed by atoms with van der Waals surface area (Å²) in [4.78, 5) is 20.0. The number of para-hydroxylation sites is 2. The molecule has 2 fully saturated rings. The molecule has 1 aliphatic heterocycles. The molecule has 1 saturated carbocycles. The summed E-state index contributed by atoms with van der Waals surface area (Å²) < 4.78 is 2.23. The Morgan fingerprint density at radius 1 is 1.03 bits per heavy atom. The van der Waals surface area contributed by atoms with Crippen molar-refractivity contribution in [3.8, 4) is 0 Å². The fourth-order valence-corrected chi connectivity index (χ4v) is 5.51. The number of aromatic nitrogens is 2. The van der Waals surface area contributed by atoms with Gasteiger partial charge in [0.2, 0.25) is 5.91 Å². The Bertz CT molecular complexity index is 1090. The Labute approximate surface area is 186 Å². The molecule has 30 heavy (non-hydrogen) atoms. The molecule has 3 aromatic rings. The first kappa shape index (κ1) is 19.9. The molecule has 156 valence electrons. The lowest BCUT2D eigenvalue weighted by molar-refractivity contribution is -0.130. The topological polar surface area (TPSA) is 38.1 Å². The zero-order valence-corrected chi connectivity index (χ0v) is 18.4. The van der Waals surface area contributed by atoms with Gasteiger partial charge in [0, 0.05) is 35.0 Å². The van der Waals surface area contributed by atoms with Crippen LogP contribution in [0.25, 0.3) is 11.0 Å². The summed E-state index contributed by atoms with van der Waals surface area (Å²) in [6, 6.07) is 14.2. The van der Waals surface area contributed by atoms with Crippen LogP contribution >= 0.6 is 23.2 Å². The number of rotatable bonds is 4. The number of carbonyl (C=O) groups excluding carboxylic acids is 1. The molecule has 1 amide bonds. The minimum absolute atomic E-state index is 0.109. The predicted octanol–water partition coefficient (Wildman–Crippen LogP) is 6.04. The molecule has 1 aliphatic carbocycles. The molecule has 2 aromatic carbocycles. The molecule has 6 heteroatoms. The minimum atomic E-state index is 0.109. The molecule has 0 N–H and O–H groups in total. The molecule has 1 aromatic heterocycles. The summed E-state index contributed by atoms with van der Waals surface area (Å²) in [7, 11) is 0. The van der Waals surface area contributed by atoms with E-state index in [1.807, 2.05) is 30.3 Å². The Kier molecular flexibility index (Phi) is 5.46. The third-order valence-electron chi connectivity index (χ3n) is 6.57. The zero-order valence-electron chi connectivity index (χ0n) is 16.9. The molecule has 1 saturated heterocycles. The van der Waals surface area contributed by atoms with Crippen LogP contribution in [0.5, 0.6) is 0 Å². The number of halogens is 2. The Morgan fingerprint density at radius 3 is 2.63 bits per heavy atom. The second-order valence-electron chi connectivity index (χ2n) is 8.52. The van der Waals surface area contributed by atoms with E-state index in [-0.39, 0.29) is 11.8 Å². The summed E-state index contributed by atoms with van der Waals surface area (Å²) in [5.74, 6) is 1.36. The van der Waals surface area contributed by atoms with Gasteiger partial charge in [-0.3, -0.25) is 4.79 Å². The number of imidazole rings is 1. The number of fused-ring (bicyclic) bond motifs is 1. The van der Waals surface area contributed by atoms with Gasteiger partial charge < -0.3 is 9.47 Å². The molecule has 2 heterocycles. The SMILES string of the molecule is O=C1CC(c2nc3ccccc3n2Cc2ccc(Cl)cc2Cl)CN1C1CCCCC1. The average molecular weight is 442 g/mol. The molecule has 2 aliphatic rings. The second kappa shape index (κ2) is 8.24. The van der Waals surface area contributed by atoms with Gasteiger partial charge in [0.05, 0.1) is 17.6 Å². The fourth-order valence-electron chi connectivity index (χ4n) is 5.04. The van der Waals surface area contributed by atoms with Gasteiger partial charge in [-0.05, 0) is 42.7 Å². The molecule has 0 spiro atoms. The Balaban J connectivity index is 1.50. The number of nitrogens with zero attached hydrogens (tertiary/aromatic N) is 3. The third-order valence-corrected chi connectivity index (χ3v) is 7.15. The molecule has 0 bridgehead atoms. The van der Waals surface area contributed by atoms with E-state index >= 15 is 0 Å². The predicted molar refractivity (Wildman–Crippen MR) is 121 cm³/mol. The van der Waals surface area contributed by atoms with Gasteiger partial charge in [-0.2, -0.15) is 0 Å². The van der Waals surface area contributed by atoms with Crippen LogP contribution in [0.2, 0.25) is 10.0 Å². The summed E-state index contributed by atoms with van der Waals surface area (Å²) in [6.45, 7) is 1.38. The van der Waals surface area contributed by atoms with Crippen molar-refractivity contribution in [3.63, 3.8) is 0 Å². The van der Waals surface area contributed by atoms with Crippen LogP contribution in [0.4, 0.5) is 0 Å². The summed E-state index contributed by atoms with van der Waals surface area (Å²) in [5.41, 5.74) is 3.03. The van der Waals surface area contributed by atoms with Crippen LogP contribution in [0.15, 0.2) is 42.5 Å². The molecular formula is C24H25Cl2N3O. The van der Waals surface area contributed by atoms with Gasteiger partial charge in [-0.15, -0.1) is 0 Å². The number of likely N-dealkylation sites (tertiary alicyclic amines) is 1. The van der Waals surface area contributed by atoms with E-state index < -0.39 is 0 Å². The quantitative estimate of drug-likeness (QED) is 0.494. The van der Waals surface area contributed by atoms with Crippen molar-refractivity contribution < 1.29 is 4.79 Å². The molecule has 5 rings (SSSR count). The van der Waals surface area contributed by atoms with Crippen LogP contribution in [0.3, 0.4) is 0 Å². The molecule has 1 unspecified atom stereocenters. The number of hydrogen-bond donors (Lipinski definition) is 0. The highest BCUT2D eigenvalue weighted by Gasteiger charge is 2.37. The van der Waals surface area contributed by atoms with E-state index in [4.69, 9.17) is 28.2 Å². The highest BCUT2D eigenvalue weighted by molar-refractivity contribution is 6.35. The number of amides is 1. The van der Waals surface area contributed by atoms with E-state index in [1.165, 1.54) is 19.3 Å². The highest BCUT2D eigenvalue weighted by atomic mass is 35.5. The van der Waals surface area contributed by atoms with Gasteiger partial charge >= 0.3 is 0 Å². The lowest BCUT2D eigenvalue weighted by Gasteiger charge is -2.31. The largest absolute Gasteiger partial charge is 0.339 e. The lowest BCUT2D eigenvalue weighted by Crippen LogP contribution is -2.37. The van der Waals surface area contributed by atoms with Crippen molar-refractivity contribution in [1.29, 1.82) is 0 Å². The van der Waals surface area contributed by atoms with Crippen LogP contribution in [-0.4, -0.2) is 32.9 Å². The highest BCUT2D eigenvalue weighted by Crippen LogP contribution is 2.35. The second-order valence-corrected chi connectivity index (χ2v) is 9.36. The van der Waals surface area contributed by atoms with Crippen LogP contribution < -0.4 is 0 Å². The van der Waals surface area contributed by atoms with Crippen molar-refractivity contribution in [2.45, 2.75) is 57.0 Å². The minimum Gasteiger partial charge on any atom is -0.339 e. The van der Waals surface area contributed by atoms with Crippen molar-refractivity contribution in [1.82, 2.24) is 14.5 Å². The van der Waals surface area contributed by atoms with Crippen LogP contribution in [0, 0.1) is 0 Å². The molecule has 1 atom stereocenters. The van der Waals surface area contributed by atoms with Gasteiger partial charge in [0.25, 0.3) is 0 Å². The van der Waals surface area contributed by atoms with Crippen molar-refractivity contribution in [2.75, 3.05) is 6.54 Å². The van der Waals surface area contributed by atoms with Crippen LogP contribution in [0.1, 0.15) is 55.8 Å². The van der Waals surface area contributed by atoms with Gasteiger partial charge in [-0.25, -0.2) is 4.98 Å². The third kappa shape index (κ3) is 3.72. The van der Waals surface area contributed by atoms with E-state index in [0.29, 0.717) is 29.1 Å². The van der Waals surface area contributed by atoms with Crippen molar-refractivity contribution in [3.05, 3.63) is 63.9 Å². The first-order valence-electron chi connectivity index (χ1n) is 10.8. The first-order valence-corrected chi connectivity index (χ1v) is 11.5. The van der Waals surface area contributed by atoms with E-state index in [2.05, 4.69) is 15.5 Å². The Hall–Kier alpha value is -2.04. The average Bonchev–Trinajstić information content (AvgIpc) is 3.31.